The van der Waals surface area contributed by atoms with Gasteiger partial charge < -0.3 is 5.32 Å². The number of Topliss-reactive ketones (excluding diaryl/α,β-unsaturated/α-hetero) is 1. The van der Waals surface area contributed by atoms with E-state index < -0.39 is 0 Å². The summed E-state index contributed by atoms with van der Waals surface area (Å²) in [6, 6.07) is 8.97. The molecule has 13 heavy (non-hydrogen) atoms. The van der Waals surface area contributed by atoms with E-state index in [0.717, 1.165) is 5.69 Å². The fourth-order valence-corrected chi connectivity index (χ4v) is 1.50. The monoisotopic (exact) mass is 172 g/mol. The molecular formula is C10H8N2O. The summed E-state index contributed by atoms with van der Waals surface area (Å²) in [5, 5.41) is 11.5. The third-order valence-corrected chi connectivity index (χ3v) is 2.13. The molecule has 2 rings (SSSR count). The first kappa shape index (κ1) is 7.81. The van der Waals surface area contributed by atoms with Crippen LogP contribution >= 0.6 is 0 Å². The number of fused-ring (bicyclic) bond motifs is 1. The summed E-state index contributed by atoms with van der Waals surface area (Å²) >= 11 is 0. The van der Waals surface area contributed by atoms with Gasteiger partial charge in [-0.2, -0.15) is 5.26 Å². The van der Waals surface area contributed by atoms with E-state index in [-0.39, 0.29) is 18.2 Å². The van der Waals surface area contributed by atoms with E-state index in [0.29, 0.717) is 5.56 Å². The van der Waals surface area contributed by atoms with E-state index in [4.69, 9.17) is 5.26 Å². The number of benzene rings is 1. The number of nitrogens with one attached hydrogen (secondary N) is 1. The van der Waals surface area contributed by atoms with E-state index in [2.05, 4.69) is 5.32 Å². The molecule has 0 bridgehead atoms. The lowest BCUT2D eigenvalue weighted by Crippen LogP contribution is -2.21. The molecule has 1 aromatic carbocycles. The highest BCUT2D eigenvalue weighted by molar-refractivity contribution is 6.10. The van der Waals surface area contributed by atoms with Crippen molar-refractivity contribution in [1.82, 2.24) is 0 Å². The van der Waals surface area contributed by atoms with Crippen LogP contribution in [0.4, 0.5) is 5.69 Å². The number of carbonyl (C=O) groups is 1. The third kappa shape index (κ3) is 1.17. The number of para-hydroxylation sites is 1. The van der Waals surface area contributed by atoms with E-state index in [9.17, 15) is 4.79 Å². The number of carbonyl (C=O) groups excluding carboxylic acids is 1. The lowest BCUT2D eigenvalue weighted by atomic mass is 10.1. The predicted molar refractivity (Wildman–Crippen MR) is 48.4 cm³/mol. The molecule has 64 valence electrons. The quantitative estimate of drug-likeness (QED) is 0.699. The Morgan fingerprint density at radius 3 is 2.92 bits per heavy atom. The fourth-order valence-electron chi connectivity index (χ4n) is 1.50. The van der Waals surface area contributed by atoms with E-state index in [1.807, 2.05) is 24.3 Å². The summed E-state index contributed by atoms with van der Waals surface area (Å²) in [6.45, 7) is 0. The van der Waals surface area contributed by atoms with E-state index >= 15 is 0 Å². The van der Waals surface area contributed by atoms with Gasteiger partial charge >= 0.3 is 0 Å². The van der Waals surface area contributed by atoms with Crippen LogP contribution in [0, 0.1) is 11.3 Å². The lowest BCUT2D eigenvalue weighted by molar-refractivity contribution is 0.0980. The molecule has 0 saturated heterocycles. The Balaban J connectivity index is 2.34. The van der Waals surface area contributed by atoms with Gasteiger partial charge in [-0.05, 0) is 12.1 Å². The maximum absolute atomic E-state index is 11.6. The van der Waals surface area contributed by atoms with Crippen molar-refractivity contribution in [3.05, 3.63) is 29.8 Å². The zero-order valence-corrected chi connectivity index (χ0v) is 6.95. The van der Waals surface area contributed by atoms with Crippen LogP contribution in [0.2, 0.25) is 0 Å². The summed E-state index contributed by atoms with van der Waals surface area (Å²) in [7, 11) is 0. The molecule has 1 N–H and O–H groups in total. The molecule has 0 fully saturated rings. The van der Waals surface area contributed by atoms with Crippen molar-refractivity contribution in [2.24, 2.45) is 0 Å². The number of rotatable bonds is 1. The van der Waals surface area contributed by atoms with Crippen molar-refractivity contribution in [2.75, 3.05) is 5.32 Å². The van der Waals surface area contributed by atoms with Crippen LogP contribution in [0.25, 0.3) is 0 Å². The smallest absolute Gasteiger partial charge is 0.188 e. The second-order valence-corrected chi connectivity index (χ2v) is 2.97. The predicted octanol–water partition coefficient (Wildman–Crippen LogP) is 1.58. The Hall–Kier alpha value is -1.82. The SMILES string of the molecule is N#CCC1Nc2ccccc2C1=O. The zero-order valence-electron chi connectivity index (χ0n) is 6.95. The number of hydrogen-bond donors (Lipinski definition) is 1. The number of hydrogen-bond acceptors (Lipinski definition) is 3. The van der Waals surface area contributed by atoms with Crippen LogP contribution in [0.1, 0.15) is 16.8 Å². The minimum Gasteiger partial charge on any atom is -0.374 e. The van der Waals surface area contributed by atoms with Crippen LogP contribution in [0.3, 0.4) is 0 Å². The molecule has 0 spiro atoms. The summed E-state index contributed by atoms with van der Waals surface area (Å²) in [5.74, 6) is 0.0251. The molecule has 0 radical (unpaired) electrons. The number of nitrogens with zero attached hydrogens (tertiary/aromatic N) is 1. The molecule has 3 nitrogen and oxygen atoms in total. The van der Waals surface area contributed by atoms with Crippen molar-refractivity contribution < 1.29 is 4.79 Å². The van der Waals surface area contributed by atoms with Gasteiger partial charge in [0.05, 0.1) is 12.5 Å². The van der Waals surface area contributed by atoms with Crippen LogP contribution in [0.5, 0.6) is 0 Å². The largest absolute Gasteiger partial charge is 0.374 e. The number of nitriles is 1. The van der Waals surface area contributed by atoms with Crippen molar-refractivity contribution >= 4 is 11.5 Å². The van der Waals surface area contributed by atoms with Gasteiger partial charge in [-0.3, -0.25) is 4.79 Å². The van der Waals surface area contributed by atoms with E-state index in [1.54, 1.807) is 6.07 Å². The fraction of sp³-hybridized carbons (Fsp3) is 0.200. The topological polar surface area (TPSA) is 52.9 Å². The highest BCUT2D eigenvalue weighted by atomic mass is 16.1. The lowest BCUT2D eigenvalue weighted by Gasteiger charge is -2.02. The molecule has 1 atom stereocenters. The molecule has 0 aliphatic carbocycles. The van der Waals surface area contributed by atoms with Crippen LogP contribution in [-0.4, -0.2) is 11.8 Å². The summed E-state index contributed by atoms with van der Waals surface area (Å²) in [4.78, 5) is 11.6. The standard InChI is InChI=1S/C10H8N2O/c11-6-5-9-10(13)7-3-1-2-4-8(7)12-9/h1-4,9,12H,5H2. The average molecular weight is 172 g/mol. The summed E-state index contributed by atoms with van der Waals surface area (Å²) in [6.07, 6.45) is 0.230. The van der Waals surface area contributed by atoms with Gasteiger partial charge in [-0.15, -0.1) is 0 Å². The van der Waals surface area contributed by atoms with Crippen LogP contribution < -0.4 is 5.32 Å². The Labute approximate surface area is 76.0 Å². The minimum atomic E-state index is -0.345. The van der Waals surface area contributed by atoms with Gasteiger partial charge in [-0.1, -0.05) is 12.1 Å². The molecule has 3 heteroatoms. The van der Waals surface area contributed by atoms with Crippen LogP contribution in [0.15, 0.2) is 24.3 Å². The first-order chi connectivity index (χ1) is 6.33. The maximum Gasteiger partial charge on any atom is 0.188 e. The van der Waals surface area contributed by atoms with Gasteiger partial charge in [0.25, 0.3) is 0 Å². The van der Waals surface area contributed by atoms with Crippen LogP contribution in [-0.2, 0) is 0 Å². The summed E-state index contributed by atoms with van der Waals surface area (Å²) in [5.41, 5.74) is 1.54. The van der Waals surface area contributed by atoms with Gasteiger partial charge in [0.15, 0.2) is 5.78 Å². The number of anilines is 1. The Kier molecular flexibility index (Phi) is 1.75. The molecule has 0 saturated carbocycles. The zero-order chi connectivity index (χ0) is 9.26. The maximum atomic E-state index is 11.6. The number of ketones is 1. The molecule has 1 heterocycles. The first-order valence-electron chi connectivity index (χ1n) is 4.09. The first-order valence-corrected chi connectivity index (χ1v) is 4.09. The minimum absolute atomic E-state index is 0.0251. The molecule has 0 amide bonds. The molecule has 1 aromatic rings. The van der Waals surface area contributed by atoms with Gasteiger partial charge in [0.2, 0.25) is 0 Å². The average Bonchev–Trinajstić information content (AvgIpc) is 2.46. The highest BCUT2D eigenvalue weighted by Gasteiger charge is 2.28. The normalized spacial score (nSPS) is 19.0. The molecule has 1 aliphatic rings. The molecule has 0 aromatic heterocycles. The Morgan fingerprint density at radius 2 is 2.23 bits per heavy atom. The molecule has 1 unspecified atom stereocenters. The van der Waals surface area contributed by atoms with Crippen molar-refractivity contribution in [2.45, 2.75) is 12.5 Å². The Bertz CT molecular complexity index is 392. The summed E-state index contributed by atoms with van der Waals surface area (Å²) < 4.78 is 0. The van der Waals surface area contributed by atoms with Gasteiger partial charge in [0, 0.05) is 11.3 Å². The van der Waals surface area contributed by atoms with Crippen molar-refractivity contribution in [1.29, 1.82) is 5.26 Å². The Morgan fingerprint density at radius 1 is 1.46 bits per heavy atom. The van der Waals surface area contributed by atoms with E-state index in [1.165, 1.54) is 0 Å². The second-order valence-electron chi connectivity index (χ2n) is 2.97. The van der Waals surface area contributed by atoms with Crippen molar-refractivity contribution in [3.63, 3.8) is 0 Å². The highest BCUT2D eigenvalue weighted by Crippen LogP contribution is 2.26. The van der Waals surface area contributed by atoms with Gasteiger partial charge in [0.1, 0.15) is 6.04 Å². The third-order valence-electron chi connectivity index (χ3n) is 2.13. The van der Waals surface area contributed by atoms with Gasteiger partial charge in [-0.25, -0.2) is 0 Å². The van der Waals surface area contributed by atoms with Crippen molar-refractivity contribution in [3.8, 4) is 6.07 Å². The second kappa shape index (κ2) is 2.91. The molecular weight excluding hydrogens is 164 g/mol. The molecule has 1 aliphatic heterocycles.